The first-order valence-corrected chi connectivity index (χ1v) is 6.42. The Morgan fingerprint density at radius 3 is 2.82 bits per heavy atom. The lowest BCUT2D eigenvalue weighted by Gasteiger charge is -2.11. The van der Waals surface area contributed by atoms with Crippen LogP contribution in [0, 0.1) is 0 Å². The van der Waals surface area contributed by atoms with E-state index < -0.39 is 0 Å². The summed E-state index contributed by atoms with van der Waals surface area (Å²) in [7, 11) is 1.56. The summed E-state index contributed by atoms with van der Waals surface area (Å²) in [6.07, 6.45) is 0. The van der Waals surface area contributed by atoms with E-state index in [1.54, 1.807) is 37.1 Å². The number of anilines is 2. The summed E-state index contributed by atoms with van der Waals surface area (Å²) in [5.74, 6) is 0.991. The first kappa shape index (κ1) is 13.7. The van der Waals surface area contributed by atoms with Gasteiger partial charge >= 0.3 is 0 Å². The maximum Gasteiger partial charge on any atom is 0.234 e. The van der Waals surface area contributed by atoms with Gasteiger partial charge in [0.15, 0.2) is 0 Å². The van der Waals surface area contributed by atoms with E-state index in [1.165, 1.54) is 0 Å². The lowest BCUT2D eigenvalue weighted by Crippen LogP contribution is -2.16. The number of hydrogen-bond donors (Lipinski definition) is 2. The van der Waals surface area contributed by atoms with E-state index in [1.807, 2.05) is 0 Å². The molecule has 0 fully saturated rings. The molecule has 0 aliphatic carbocycles. The molecule has 1 aromatic carbocycles. The number of nitrogens with one attached hydrogen (secondary N) is 1. The Kier molecular flexibility index (Phi) is 5.15. The van der Waals surface area contributed by atoms with Gasteiger partial charge in [-0.3, -0.25) is 4.79 Å². The lowest BCUT2D eigenvalue weighted by atomic mass is 10.2. The molecule has 0 aliphatic heterocycles. The molecule has 0 atom stereocenters. The minimum atomic E-state index is -0.0485. The third kappa shape index (κ3) is 4.56. The van der Waals surface area contributed by atoms with Gasteiger partial charge in [0.1, 0.15) is 5.75 Å². The van der Waals surface area contributed by atoms with Gasteiger partial charge in [-0.15, -0.1) is 11.8 Å². The highest BCUT2D eigenvalue weighted by atomic mass is 32.2. The molecule has 4 nitrogen and oxygen atoms in total. The minimum absolute atomic E-state index is 0.0485. The molecule has 0 unspecified atom stereocenters. The van der Waals surface area contributed by atoms with Crippen molar-refractivity contribution < 1.29 is 9.53 Å². The average Bonchev–Trinajstić information content (AvgIpc) is 2.27. The Balaban J connectivity index is 2.66. The molecule has 0 radical (unpaired) electrons. The van der Waals surface area contributed by atoms with E-state index in [-0.39, 0.29) is 5.91 Å². The molecule has 0 bridgehead atoms. The van der Waals surface area contributed by atoms with E-state index in [4.69, 9.17) is 10.5 Å². The summed E-state index contributed by atoms with van der Waals surface area (Å²) < 4.78 is 5.15. The molecular formula is C12H18N2O2S. The topological polar surface area (TPSA) is 64.3 Å². The Morgan fingerprint density at radius 1 is 1.53 bits per heavy atom. The second-order valence-corrected chi connectivity index (χ2v) is 5.43. The Labute approximate surface area is 106 Å². The number of hydrogen-bond acceptors (Lipinski definition) is 4. The molecule has 1 aromatic rings. The van der Waals surface area contributed by atoms with Crippen LogP contribution in [-0.2, 0) is 4.79 Å². The van der Waals surface area contributed by atoms with Crippen LogP contribution in [0.25, 0.3) is 0 Å². The number of methoxy groups -OCH3 is 1. The molecular weight excluding hydrogens is 236 g/mol. The second kappa shape index (κ2) is 6.39. The number of benzene rings is 1. The van der Waals surface area contributed by atoms with Gasteiger partial charge in [0, 0.05) is 5.69 Å². The standard InChI is InChI=1S/C12H18N2O2S/c1-8(2)17-7-12(15)14-10-6-9(13)4-5-11(10)16-3/h4-6,8H,7,13H2,1-3H3,(H,14,15). The summed E-state index contributed by atoms with van der Waals surface area (Å²) in [6.45, 7) is 4.11. The highest BCUT2D eigenvalue weighted by Gasteiger charge is 2.08. The van der Waals surface area contributed by atoms with Crippen molar-refractivity contribution in [2.75, 3.05) is 23.9 Å². The van der Waals surface area contributed by atoms with Gasteiger partial charge in [-0.25, -0.2) is 0 Å². The zero-order chi connectivity index (χ0) is 12.8. The van der Waals surface area contributed by atoms with Crippen LogP contribution >= 0.6 is 11.8 Å². The van der Waals surface area contributed by atoms with Crippen LogP contribution in [0.4, 0.5) is 11.4 Å². The fourth-order valence-corrected chi connectivity index (χ4v) is 1.81. The monoisotopic (exact) mass is 254 g/mol. The zero-order valence-electron chi connectivity index (χ0n) is 10.3. The average molecular weight is 254 g/mol. The molecule has 17 heavy (non-hydrogen) atoms. The van der Waals surface area contributed by atoms with Gasteiger partial charge in [0.25, 0.3) is 0 Å². The maximum atomic E-state index is 11.7. The number of rotatable bonds is 5. The Bertz CT molecular complexity index is 394. The van der Waals surface area contributed by atoms with Gasteiger partial charge < -0.3 is 15.8 Å². The van der Waals surface area contributed by atoms with Gasteiger partial charge in [0.05, 0.1) is 18.6 Å². The van der Waals surface area contributed by atoms with Crippen molar-refractivity contribution >= 4 is 29.0 Å². The summed E-state index contributed by atoms with van der Waals surface area (Å²) >= 11 is 1.59. The van der Waals surface area contributed by atoms with E-state index in [2.05, 4.69) is 19.2 Å². The third-order valence-corrected chi connectivity index (χ3v) is 3.14. The van der Waals surface area contributed by atoms with Crippen LogP contribution in [-0.4, -0.2) is 24.0 Å². The molecule has 0 aromatic heterocycles. The zero-order valence-corrected chi connectivity index (χ0v) is 11.1. The molecule has 1 rings (SSSR count). The van der Waals surface area contributed by atoms with Crippen molar-refractivity contribution in [2.45, 2.75) is 19.1 Å². The summed E-state index contributed by atoms with van der Waals surface area (Å²) in [5, 5.41) is 3.23. The summed E-state index contributed by atoms with van der Waals surface area (Å²) in [4.78, 5) is 11.7. The van der Waals surface area contributed by atoms with Crippen molar-refractivity contribution in [1.82, 2.24) is 0 Å². The number of ether oxygens (including phenoxy) is 1. The van der Waals surface area contributed by atoms with Crippen LogP contribution in [0.3, 0.4) is 0 Å². The molecule has 0 heterocycles. The van der Waals surface area contributed by atoms with Crippen LogP contribution in [0.2, 0.25) is 0 Å². The number of nitrogens with two attached hydrogens (primary N) is 1. The van der Waals surface area contributed by atoms with E-state index in [9.17, 15) is 4.79 Å². The minimum Gasteiger partial charge on any atom is -0.495 e. The third-order valence-electron chi connectivity index (χ3n) is 2.05. The molecule has 0 spiro atoms. The van der Waals surface area contributed by atoms with Gasteiger partial charge in [-0.05, 0) is 23.4 Å². The number of carbonyl (C=O) groups excluding carboxylic acids is 1. The highest BCUT2D eigenvalue weighted by Crippen LogP contribution is 2.26. The van der Waals surface area contributed by atoms with Crippen molar-refractivity contribution in [2.24, 2.45) is 0 Å². The molecule has 0 aliphatic rings. The molecule has 0 saturated heterocycles. The quantitative estimate of drug-likeness (QED) is 0.792. The first-order valence-electron chi connectivity index (χ1n) is 5.38. The number of carbonyl (C=O) groups is 1. The summed E-state index contributed by atoms with van der Waals surface area (Å²) in [6, 6.07) is 5.16. The largest absolute Gasteiger partial charge is 0.495 e. The molecule has 3 N–H and O–H groups in total. The summed E-state index contributed by atoms with van der Waals surface area (Å²) in [5.41, 5.74) is 6.88. The lowest BCUT2D eigenvalue weighted by molar-refractivity contribution is -0.113. The predicted octanol–water partition coefficient (Wildman–Crippen LogP) is 2.36. The van der Waals surface area contributed by atoms with E-state index in [0.717, 1.165) is 0 Å². The SMILES string of the molecule is COc1ccc(N)cc1NC(=O)CSC(C)C. The molecule has 1 amide bonds. The molecule has 0 saturated carbocycles. The molecule has 5 heteroatoms. The van der Waals surface area contributed by atoms with Crippen LogP contribution in [0.5, 0.6) is 5.75 Å². The van der Waals surface area contributed by atoms with Gasteiger partial charge in [-0.1, -0.05) is 13.8 Å². The number of nitrogen functional groups attached to an aromatic ring is 1. The second-order valence-electron chi connectivity index (χ2n) is 3.87. The maximum absolute atomic E-state index is 11.7. The predicted molar refractivity (Wildman–Crippen MR) is 73.6 cm³/mol. The number of amides is 1. The van der Waals surface area contributed by atoms with Crippen LogP contribution < -0.4 is 15.8 Å². The van der Waals surface area contributed by atoms with Crippen molar-refractivity contribution in [3.8, 4) is 5.75 Å². The first-order chi connectivity index (χ1) is 8.02. The highest BCUT2D eigenvalue weighted by molar-refractivity contribution is 8.00. The van der Waals surface area contributed by atoms with E-state index >= 15 is 0 Å². The van der Waals surface area contributed by atoms with Gasteiger partial charge in [0.2, 0.25) is 5.91 Å². The molecule has 94 valence electrons. The van der Waals surface area contributed by atoms with Crippen molar-refractivity contribution in [1.29, 1.82) is 0 Å². The van der Waals surface area contributed by atoms with Gasteiger partial charge in [-0.2, -0.15) is 0 Å². The smallest absolute Gasteiger partial charge is 0.234 e. The fourth-order valence-electron chi connectivity index (χ4n) is 1.25. The van der Waals surface area contributed by atoms with Crippen molar-refractivity contribution in [3.05, 3.63) is 18.2 Å². The van der Waals surface area contributed by atoms with Crippen LogP contribution in [0.1, 0.15) is 13.8 Å². The van der Waals surface area contributed by atoms with E-state index in [0.29, 0.717) is 28.1 Å². The number of thioether (sulfide) groups is 1. The normalized spacial score (nSPS) is 10.4. The fraction of sp³-hybridized carbons (Fsp3) is 0.417. The van der Waals surface area contributed by atoms with Crippen LogP contribution in [0.15, 0.2) is 18.2 Å². The van der Waals surface area contributed by atoms with Crippen molar-refractivity contribution in [3.63, 3.8) is 0 Å². The Morgan fingerprint density at radius 2 is 2.24 bits per heavy atom. The Hall–Kier alpha value is -1.36.